The van der Waals surface area contributed by atoms with Gasteiger partial charge in [0.2, 0.25) is 0 Å². The Hall–Kier alpha value is -3.69. The zero-order valence-electron chi connectivity index (χ0n) is 18.1. The van der Waals surface area contributed by atoms with E-state index in [-0.39, 0.29) is 12.6 Å². The van der Waals surface area contributed by atoms with Crippen molar-refractivity contribution >= 4 is 17.8 Å². The monoisotopic (exact) mass is 442 g/mol. The quantitative estimate of drug-likeness (QED) is 0.407. The lowest BCUT2D eigenvalue weighted by atomic mass is 9.94. The minimum Gasteiger partial charge on any atom is -0.427 e. The third-order valence-corrected chi connectivity index (χ3v) is 5.27. The number of nitrogens with one attached hydrogen (secondary N) is 2. The molecule has 0 saturated heterocycles. The number of hydrazine groups is 1. The van der Waals surface area contributed by atoms with Gasteiger partial charge >= 0.3 is 11.7 Å². The molecule has 1 saturated carbocycles. The molecule has 2 N–H and O–H groups in total. The molecule has 170 valence electrons. The number of hydrogen-bond acceptors (Lipinski definition) is 6. The van der Waals surface area contributed by atoms with Gasteiger partial charge in [0.25, 0.3) is 17.4 Å². The summed E-state index contributed by atoms with van der Waals surface area (Å²) in [5, 5.41) is 1.33. The van der Waals surface area contributed by atoms with E-state index in [4.69, 9.17) is 4.74 Å². The molecule has 3 rings (SSSR count). The molecule has 0 spiro atoms. The van der Waals surface area contributed by atoms with Gasteiger partial charge in [0.05, 0.1) is 6.04 Å². The Kier molecular flexibility index (Phi) is 7.24. The minimum absolute atomic E-state index is 0.178. The summed E-state index contributed by atoms with van der Waals surface area (Å²) < 4.78 is 6.08. The third-order valence-electron chi connectivity index (χ3n) is 5.27. The van der Waals surface area contributed by atoms with Gasteiger partial charge in [0.15, 0.2) is 0 Å². The Labute approximate surface area is 184 Å². The van der Waals surface area contributed by atoms with E-state index in [2.05, 4.69) is 10.4 Å². The molecule has 1 aromatic heterocycles. The average molecular weight is 442 g/mol. The normalized spacial score (nSPS) is 13.9. The molecule has 1 fully saturated rings. The lowest BCUT2D eigenvalue weighted by Gasteiger charge is -2.34. The van der Waals surface area contributed by atoms with Crippen molar-refractivity contribution in [1.82, 2.24) is 20.0 Å². The zero-order chi connectivity index (χ0) is 23.3. The first-order chi connectivity index (χ1) is 15.2. The number of hydrogen-bond donors (Lipinski definition) is 2. The van der Waals surface area contributed by atoms with Crippen LogP contribution in [0.4, 0.5) is 0 Å². The lowest BCUT2D eigenvalue weighted by Crippen LogP contribution is -2.53. The van der Waals surface area contributed by atoms with E-state index in [1.807, 2.05) is 0 Å². The second kappa shape index (κ2) is 10.1. The standard InChI is InChI=1S/C22H26N4O6/c1-14-12-25(22(31)23-20(14)29)13-19(28)24-26(17-6-4-3-5-7-17)21(30)16-8-10-18(11-9-16)32-15(2)27/h8-12,17H,3-7,13H2,1-2H3,(H,24,28)(H,23,29,31). The molecular weight excluding hydrogens is 416 g/mol. The second-order valence-electron chi connectivity index (χ2n) is 7.82. The van der Waals surface area contributed by atoms with Crippen molar-refractivity contribution in [2.75, 3.05) is 0 Å². The van der Waals surface area contributed by atoms with Gasteiger partial charge in [-0.15, -0.1) is 0 Å². The maximum Gasteiger partial charge on any atom is 0.328 e. The molecular formula is C22H26N4O6. The molecule has 0 radical (unpaired) electrons. The largest absolute Gasteiger partial charge is 0.427 e. The number of ether oxygens (including phenoxy) is 1. The minimum atomic E-state index is -0.702. The van der Waals surface area contributed by atoms with E-state index in [0.29, 0.717) is 16.9 Å². The summed E-state index contributed by atoms with van der Waals surface area (Å²) in [6, 6.07) is 5.90. The molecule has 2 aromatic rings. The molecule has 1 aliphatic carbocycles. The lowest BCUT2D eigenvalue weighted by molar-refractivity contribution is -0.132. The summed E-state index contributed by atoms with van der Waals surface area (Å²) in [5.41, 5.74) is 2.06. The Morgan fingerprint density at radius 3 is 2.41 bits per heavy atom. The van der Waals surface area contributed by atoms with Gasteiger partial charge in [-0.2, -0.15) is 0 Å². The highest BCUT2D eigenvalue weighted by Gasteiger charge is 2.28. The number of benzene rings is 1. The summed E-state index contributed by atoms with van der Waals surface area (Å²) in [6.07, 6.45) is 5.74. The topological polar surface area (TPSA) is 131 Å². The molecule has 2 amide bonds. The van der Waals surface area contributed by atoms with Crippen molar-refractivity contribution in [3.05, 3.63) is 62.4 Å². The van der Waals surface area contributed by atoms with E-state index in [1.165, 1.54) is 49.3 Å². The van der Waals surface area contributed by atoms with Crippen LogP contribution in [0.1, 0.15) is 54.9 Å². The first-order valence-electron chi connectivity index (χ1n) is 10.5. The summed E-state index contributed by atoms with van der Waals surface area (Å²) in [6.45, 7) is 2.47. The van der Waals surface area contributed by atoms with Gasteiger partial charge in [-0.25, -0.2) is 9.80 Å². The number of aryl methyl sites for hydroxylation is 1. The molecule has 1 aliphatic rings. The first-order valence-corrected chi connectivity index (χ1v) is 10.5. The second-order valence-corrected chi connectivity index (χ2v) is 7.82. The Morgan fingerprint density at radius 2 is 1.78 bits per heavy atom. The van der Waals surface area contributed by atoms with E-state index >= 15 is 0 Å². The summed E-state index contributed by atoms with van der Waals surface area (Å²) in [4.78, 5) is 62.7. The zero-order valence-corrected chi connectivity index (χ0v) is 18.1. The van der Waals surface area contributed by atoms with Crippen LogP contribution in [-0.4, -0.2) is 38.4 Å². The SMILES string of the molecule is CC(=O)Oc1ccc(C(=O)N(NC(=O)Cn2cc(C)c(=O)[nH]c2=O)C2CCCCC2)cc1. The van der Waals surface area contributed by atoms with E-state index < -0.39 is 29.0 Å². The molecule has 10 heteroatoms. The van der Waals surface area contributed by atoms with Crippen LogP contribution in [0, 0.1) is 6.92 Å². The van der Waals surface area contributed by atoms with Gasteiger partial charge in [0, 0.05) is 24.2 Å². The Balaban J connectivity index is 1.79. The number of esters is 1. The highest BCUT2D eigenvalue weighted by Crippen LogP contribution is 2.23. The molecule has 1 heterocycles. The van der Waals surface area contributed by atoms with Gasteiger partial charge < -0.3 is 4.74 Å². The fourth-order valence-electron chi connectivity index (χ4n) is 3.68. The van der Waals surface area contributed by atoms with Crippen LogP contribution in [-0.2, 0) is 16.1 Å². The summed E-state index contributed by atoms with van der Waals surface area (Å²) >= 11 is 0. The highest BCUT2D eigenvalue weighted by molar-refractivity contribution is 5.95. The summed E-state index contributed by atoms with van der Waals surface area (Å²) in [5.74, 6) is -1.11. The highest BCUT2D eigenvalue weighted by atomic mass is 16.5. The maximum absolute atomic E-state index is 13.2. The van der Waals surface area contributed by atoms with Crippen LogP contribution in [0.25, 0.3) is 0 Å². The number of aromatic amines is 1. The molecule has 1 aromatic carbocycles. The average Bonchev–Trinajstić information content (AvgIpc) is 2.76. The molecule has 0 atom stereocenters. The van der Waals surface area contributed by atoms with Crippen LogP contribution in [0.2, 0.25) is 0 Å². The number of rotatable bonds is 5. The molecule has 0 unspecified atom stereocenters. The van der Waals surface area contributed by atoms with Gasteiger partial charge in [0.1, 0.15) is 12.3 Å². The molecule has 10 nitrogen and oxygen atoms in total. The summed E-state index contributed by atoms with van der Waals surface area (Å²) in [7, 11) is 0. The third kappa shape index (κ3) is 5.71. The number of H-pyrrole nitrogens is 1. The fraction of sp³-hybridized carbons (Fsp3) is 0.409. The first kappa shape index (κ1) is 23.0. The van der Waals surface area contributed by atoms with Crippen molar-refractivity contribution in [2.45, 2.75) is 58.5 Å². The van der Waals surface area contributed by atoms with Gasteiger partial charge in [-0.05, 0) is 44.0 Å². The van der Waals surface area contributed by atoms with E-state index in [0.717, 1.165) is 36.7 Å². The predicted octanol–water partition coefficient (Wildman–Crippen LogP) is 1.28. The molecule has 0 bridgehead atoms. The predicted molar refractivity (Wildman–Crippen MR) is 115 cm³/mol. The van der Waals surface area contributed by atoms with Gasteiger partial charge in [-0.1, -0.05) is 19.3 Å². The number of amides is 2. The van der Waals surface area contributed by atoms with Crippen LogP contribution in [0.15, 0.2) is 40.1 Å². The van der Waals surface area contributed by atoms with Crippen LogP contribution < -0.4 is 21.4 Å². The number of carbonyl (C=O) groups excluding carboxylic acids is 3. The number of nitrogens with zero attached hydrogens (tertiary/aromatic N) is 2. The number of aromatic nitrogens is 2. The van der Waals surface area contributed by atoms with Crippen molar-refractivity contribution in [1.29, 1.82) is 0 Å². The fourth-order valence-corrected chi connectivity index (χ4v) is 3.68. The Bertz CT molecular complexity index is 1110. The molecule has 32 heavy (non-hydrogen) atoms. The van der Waals surface area contributed by atoms with Crippen molar-refractivity contribution in [3.8, 4) is 5.75 Å². The van der Waals surface area contributed by atoms with Crippen LogP contribution >= 0.6 is 0 Å². The van der Waals surface area contributed by atoms with Crippen molar-refractivity contribution in [2.24, 2.45) is 0 Å². The Morgan fingerprint density at radius 1 is 1.12 bits per heavy atom. The van der Waals surface area contributed by atoms with Crippen molar-refractivity contribution < 1.29 is 19.1 Å². The van der Waals surface area contributed by atoms with Crippen LogP contribution in [0.3, 0.4) is 0 Å². The maximum atomic E-state index is 13.2. The molecule has 0 aliphatic heterocycles. The van der Waals surface area contributed by atoms with E-state index in [1.54, 1.807) is 0 Å². The smallest absolute Gasteiger partial charge is 0.328 e. The number of carbonyl (C=O) groups is 3. The van der Waals surface area contributed by atoms with Crippen molar-refractivity contribution in [3.63, 3.8) is 0 Å². The van der Waals surface area contributed by atoms with Crippen LogP contribution in [0.5, 0.6) is 5.75 Å². The van der Waals surface area contributed by atoms with Gasteiger partial charge in [-0.3, -0.25) is 34.2 Å². The van der Waals surface area contributed by atoms with E-state index in [9.17, 15) is 24.0 Å².